The van der Waals surface area contributed by atoms with Crippen molar-refractivity contribution in [1.29, 1.82) is 5.26 Å². The van der Waals surface area contributed by atoms with Crippen LogP contribution in [0, 0.1) is 18.3 Å². The zero-order valence-corrected chi connectivity index (χ0v) is 21.8. The van der Waals surface area contributed by atoms with Gasteiger partial charge in [0.1, 0.15) is 13.2 Å². The molecular weight excluding hydrogens is 533 g/mol. The lowest BCUT2D eigenvalue weighted by atomic mass is 10.1. The fraction of sp³-hybridized carbons (Fsp3) is 0.111. The number of hydrogen-bond donors (Lipinski definition) is 1. The number of carbonyl (C=O) groups excluding carboxylic acids is 3. The molecular formula is C27H19Cl2N3O4S. The van der Waals surface area contributed by atoms with Crippen molar-refractivity contribution in [2.75, 3.05) is 11.9 Å². The van der Waals surface area contributed by atoms with Crippen LogP contribution in [0.1, 0.15) is 22.3 Å². The Morgan fingerprint density at radius 1 is 1.11 bits per heavy atom. The summed E-state index contributed by atoms with van der Waals surface area (Å²) in [6, 6.07) is 19.4. The Morgan fingerprint density at radius 2 is 1.84 bits per heavy atom. The van der Waals surface area contributed by atoms with E-state index < -0.39 is 23.6 Å². The third kappa shape index (κ3) is 6.33. The number of imide groups is 1. The number of anilines is 1. The third-order valence-corrected chi connectivity index (χ3v) is 6.77. The Bertz CT molecular complexity index is 1460. The molecule has 0 aromatic heterocycles. The Labute approximate surface area is 227 Å². The molecule has 0 spiro atoms. The van der Waals surface area contributed by atoms with Gasteiger partial charge in [0.15, 0.2) is 5.75 Å². The number of benzene rings is 3. The molecule has 1 aliphatic rings. The Balaban J connectivity index is 1.45. The van der Waals surface area contributed by atoms with Gasteiger partial charge >= 0.3 is 0 Å². The van der Waals surface area contributed by atoms with Gasteiger partial charge in [-0.05, 0) is 66.2 Å². The lowest BCUT2D eigenvalue weighted by Crippen LogP contribution is -2.36. The largest absolute Gasteiger partial charge is 0.486 e. The Kier molecular flexibility index (Phi) is 8.19. The molecule has 1 aliphatic heterocycles. The maximum absolute atomic E-state index is 12.8. The number of aryl methyl sites for hydroxylation is 1. The van der Waals surface area contributed by atoms with Gasteiger partial charge in [-0.2, -0.15) is 5.26 Å². The predicted molar refractivity (Wildman–Crippen MR) is 144 cm³/mol. The number of ether oxygens (including phenoxy) is 1. The minimum absolute atomic E-state index is 0.0893. The van der Waals surface area contributed by atoms with E-state index in [-0.39, 0.29) is 27.3 Å². The molecule has 0 unspecified atom stereocenters. The van der Waals surface area contributed by atoms with Gasteiger partial charge in [-0.1, -0.05) is 53.5 Å². The van der Waals surface area contributed by atoms with E-state index in [0.717, 1.165) is 22.2 Å². The van der Waals surface area contributed by atoms with Crippen molar-refractivity contribution in [3.63, 3.8) is 0 Å². The predicted octanol–water partition coefficient (Wildman–Crippen LogP) is 6.43. The van der Waals surface area contributed by atoms with Crippen molar-refractivity contribution in [3.05, 3.63) is 97.9 Å². The topological polar surface area (TPSA) is 99.5 Å². The molecule has 1 heterocycles. The van der Waals surface area contributed by atoms with Crippen LogP contribution in [0.15, 0.2) is 65.6 Å². The molecule has 0 aliphatic carbocycles. The third-order valence-electron chi connectivity index (χ3n) is 5.31. The molecule has 10 heteroatoms. The van der Waals surface area contributed by atoms with Crippen LogP contribution in [0.25, 0.3) is 6.08 Å². The number of carbonyl (C=O) groups is 3. The van der Waals surface area contributed by atoms with Crippen molar-refractivity contribution < 1.29 is 19.1 Å². The first-order chi connectivity index (χ1) is 17.7. The molecule has 7 nitrogen and oxygen atoms in total. The molecule has 1 N–H and O–H groups in total. The van der Waals surface area contributed by atoms with E-state index in [1.54, 1.807) is 54.6 Å². The zero-order valence-electron chi connectivity index (χ0n) is 19.5. The smallest absolute Gasteiger partial charge is 0.294 e. The van der Waals surface area contributed by atoms with Crippen LogP contribution >= 0.6 is 35.0 Å². The Hall–Kier alpha value is -3.77. The highest BCUT2D eigenvalue weighted by Gasteiger charge is 2.36. The van der Waals surface area contributed by atoms with Crippen LogP contribution in [-0.2, 0) is 16.2 Å². The van der Waals surface area contributed by atoms with Gasteiger partial charge in [0, 0.05) is 11.3 Å². The quantitative estimate of drug-likeness (QED) is 0.339. The molecule has 1 saturated heterocycles. The SMILES string of the molecule is Cc1cccc(NC(=O)CN2C(=O)S/C(=C\c3cc(Cl)c(OCc4ccccc4C#N)c(Cl)c3)C2=O)c1. The van der Waals surface area contributed by atoms with Gasteiger partial charge in [0.05, 0.1) is 26.6 Å². The summed E-state index contributed by atoms with van der Waals surface area (Å²) in [5.74, 6) is -0.844. The average Bonchev–Trinajstić information content (AvgIpc) is 3.11. The highest BCUT2D eigenvalue weighted by molar-refractivity contribution is 8.18. The fourth-order valence-corrected chi connectivity index (χ4v) is 5.01. The second-order valence-electron chi connectivity index (χ2n) is 8.06. The van der Waals surface area contributed by atoms with Gasteiger partial charge in [-0.25, -0.2) is 0 Å². The average molecular weight is 552 g/mol. The van der Waals surface area contributed by atoms with E-state index in [1.807, 2.05) is 13.0 Å². The van der Waals surface area contributed by atoms with E-state index in [9.17, 15) is 19.6 Å². The zero-order chi connectivity index (χ0) is 26.5. The standard InChI is InChI=1S/C27H19Cl2N3O4S/c1-16-5-4-8-20(9-16)31-24(33)14-32-26(34)23(37-27(32)35)12-17-10-21(28)25(22(29)11-17)36-15-19-7-3-2-6-18(19)13-30/h2-12H,14-15H2,1H3,(H,31,33)/b23-12-. The monoisotopic (exact) mass is 551 g/mol. The summed E-state index contributed by atoms with van der Waals surface area (Å²) < 4.78 is 5.76. The first kappa shape index (κ1) is 26.3. The molecule has 3 aromatic carbocycles. The van der Waals surface area contributed by atoms with Gasteiger partial charge in [-0.15, -0.1) is 0 Å². The minimum Gasteiger partial charge on any atom is -0.486 e. The molecule has 3 amide bonds. The summed E-state index contributed by atoms with van der Waals surface area (Å²) in [6.45, 7) is 1.57. The number of nitrogens with one attached hydrogen (secondary N) is 1. The van der Waals surface area contributed by atoms with Crippen LogP contribution in [-0.4, -0.2) is 28.5 Å². The number of hydrogen-bond acceptors (Lipinski definition) is 6. The number of amides is 3. The van der Waals surface area contributed by atoms with Crippen LogP contribution in [0.4, 0.5) is 10.5 Å². The van der Waals surface area contributed by atoms with E-state index >= 15 is 0 Å². The second-order valence-corrected chi connectivity index (χ2v) is 9.86. The van der Waals surface area contributed by atoms with Crippen LogP contribution in [0.2, 0.25) is 10.0 Å². The number of nitriles is 1. The second kappa shape index (κ2) is 11.5. The summed E-state index contributed by atoms with van der Waals surface area (Å²) in [5, 5.41) is 11.8. The maximum atomic E-state index is 12.8. The van der Waals surface area contributed by atoms with E-state index in [4.69, 9.17) is 27.9 Å². The van der Waals surface area contributed by atoms with Crippen LogP contribution < -0.4 is 10.1 Å². The summed E-state index contributed by atoms with van der Waals surface area (Å²) in [6.07, 6.45) is 1.48. The number of nitrogens with zero attached hydrogens (tertiary/aromatic N) is 2. The molecule has 0 saturated carbocycles. The molecule has 4 rings (SSSR count). The van der Waals surface area contributed by atoms with Gasteiger partial charge in [0.25, 0.3) is 11.1 Å². The minimum atomic E-state index is -0.588. The van der Waals surface area contributed by atoms with E-state index in [2.05, 4.69) is 11.4 Å². The summed E-state index contributed by atoms with van der Waals surface area (Å²) in [7, 11) is 0. The van der Waals surface area contributed by atoms with Gasteiger partial charge in [0.2, 0.25) is 5.91 Å². The lowest BCUT2D eigenvalue weighted by molar-refractivity contribution is -0.127. The van der Waals surface area contributed by atoms with Crippen molar-refractivity contribution in [1.82, 2.24) is 4.90 Å². The summed E-state index contributed by atoms with van der Waals surface area (Å²) in [4.78, 5) is 38.7. The van der Waals surface area contributed by atoms with Crippen molar-refractivity contribution >= 4 is 63.8 Å². The normalized spacial score (nSPS) is 14.1. The van der Waals surface area contributed by atoms with Crippen LogP contribution in [0.3, 0.4) is 0 Å². The number of thioether (sulfide) groups is 1. The lowest BCUT2D eigenvalue weighted by Gasteiger charge is -2.13. The van der Waals surface area contributed by atoms with Crippen molar-refractivity contribution in [2.24, 2.45) is 0 Å². The van der Waals surface area contributed by atoms with Gasteiger partial charge < -0.3 is 10.1 Å². The first-order valence-corrected chi connectivity index (χ1v) is 12.5. The Morgan fingerprint density at radius 3 is 2.54 bits per heavy atom. The van der Waals surface area contributed by atoms with Gasteiger partial charge in [-0.3, -0.25) is 19.3 Å². The maximum Gasteiger partial charge on any atom is 0.294 e. The molecule has 3 aromatic rings. The number of rotatable bonds is 7. The van der Waals surface area contributed by atoms with E-state index in [1.165, 1.54) is 6.08 Å². The van der Waals surface area contributed by atoms with Crippen molar-refractivity contribution in [2.45, 2.75) is 13.5 Å². The molecule has 186 valence electrons. The van der Waals surface area contributed by atoms with Crippen LogP contribution in [0.5, 0.6) is 5.75 Å². The molecule has 1 fully saturated rings. The summed E-state index contributed by atoms with van der Waals surface area (Å²) in [5.41, 5.74) is 3.19. The van der Waals surface area contributed by atoms with Crippen molar-refractivity contribution in [3.8, 4) is 11.8 Å². The molecule has 0 radical (unpaired) electrons. The highest BCUT2D eigenvalue weighted by Crippen LogP contribution is 2.38. The summed E-state index contributed by atoms with van der Waals surface area (Å²) >= 11 is 13.5. The molecule has 0 atom stereocenters. The molecule has 0 bridgehead atoms. The number of halogens is 2. The highest BCUT2D eigenvalue weighted by atomic mass is 35.5. The first-order valence-electron chi connectivity index (χ1n) is 11.0. The fourth-order valence-electron chi connectivity index (χ4n) is 3.56. The van der Waals surface area contributed by atoms with E-state index in [0.29, 0.717) is 22.4 Å². The molecule has 37 heavy (non-hydrogen) atoms.